The van der Waals surface area contributed by atoms with Crippen LogP contribution >= 0.6 is 0 Å². The molecule has 4 nitrogen and oxygen atoms in total. The molecule has 1 fully saturated rings. The van der Waals surface area contributed by atoms with Crippen LogP contribution in [0.3, 0.4) is 0 Å². The molecule has 0 aromatic heterocycles. The lowest BCUT2D eigenvalue weighted by atomic mass is 10.2. The fourth-order valence-corrected chi connectivity index (χ4v) is 2.24. The lowest BCUT2D eigenvalue weighted by Crippen LogP contribution is -2.31. The zero-order valence-corrected chi connectivity index (χ0v) is 9.98. The van der Waals surface area contributed by atoms with Crippen LogP contribution in [0.5, 0.6) is 0 Å². The van der Waals surface area contributed by atoms with Crippen LogP contribution in [0, 0.1) is 0 Å². The van der Waals surface area contributed by atoms with Gasteiger partial charge in [0.25, 0.3) is 0 Å². The van der Waals surface area contributed by atoms with Crippen molar-refractivity contribution in [3.63, 3.8) is 0 Å². The van der Waals surface area contributed by atoms with E-state index in [1.807, 2.05) is 18.2 Å². The van der Waals surface area contributed by atoms with Gasteiger partial charge in [-0.15, -0.1) is 0 Å². The first-order valence-electron chi connectivity index (χ1n) is 5.64. The van der Waals surface area contributed by atoms with Crippen molar-refractivity contribution in [3.05, 3.63) is 18.2 Å². The molecular formula is C12H20N4. The normalized spacial score (nSPS) is 20.7. The SMILES string of the molecule is CN(C)C1CCN(c2ccc(N)cc2N)C1. The highest BCUT2D eigenvalue weighted by Crippen LogP contribution is 2.29. The van der Waals surface area contributed by atoms with Crippen LogP contribution in [0.4, 0.5) is 17.1 Å². The summed E-state index contributed by atoms with van der Waals surface area (Å²) in [6.45, 7) is 2.11. The summed E-state index contributed by atoms with van der Waals surface area (Å²) in [6, 6.07) is 6.38. The maximum absolute atomic E-state index is 5.99. The molecule has 1 saturated heterocycles. The van der Waals surface area contributed by atoms with Gasteiger partial charge in [-0.25, -0.2) is 0 Å². The molecule has 4 heteroatoms. The molecule has 0 radical (unpaired) electrons. The Morgan fingerprint density at radius 2 is 2.06 bits per heavy atom. The molecule has 0 bridgehead atoms. The topological polar surface area (TPSA) is 58.5 Å². The summed E-state index contributed by atoms with van der Waals surface area (Å²) in [5.41, 5.74) is 14.3. The van der Waals surface area contributed by atoms with E-state index in [9.17, 15) is 0 Å². The van der Waals surface area contributed by atoms with Crippen LogP contribution in [-0.4, -0.2) is 38.1 Å². The Morgan fingerprint density at radius 3 is 2.62 bits per heavy atom. The van der Waals surface area contributed by atoms with Crippen molar-refractivity contribution in [1.82, 2.24) is 4.90 Å². The van der Waals surface area contributed by atoms with Gasteiger partial charge >= 0.3 is 0 Å². The summed E-state index contributed by atoms with van der Waals surface area (Å²) in [5, 5.41) is 0. The van der Waals surface area contributed by atoms with E-state index >= 15 is 0 Å². The average Bonchev–Trinajstić information content (AvgIpc) is 2.66. The number of likely N-dealkylation sites (N-methyl/N-ethyl adjacent to an activating group) is 1. The number of benzene rings is 1. The van der Waals surface area contributed by atoms with E-state index in [4.69, 9.17) is 11.5 Å². The first-order valence-corrected chi connectivity index (χ1v) is 5.64. The summed E-state index contributed by atoms with van der Waals surface area (Å²) in [6.07, 6.45) is 1.19. The van der Waals surface area contributed by atoms with E-state index in [-0.39, 0.29) is 0 Å². The molecule has 0 aliphatic carbocycles. The summed E-state index contributed by atoms with van der Waals surface area (Å²) in [5.74, 6) is 0. The minimum absolute atomic E-state index is 0.622. The molecule has 1 unspecified atom stereocenters. The van der Waals surface area contributed by atoms with Crippen molar-refractivity contribution in [1.29, 1.82) is 0 Å². The lowest BCUT2D eigenvalue weighted by Gasteiger charge is -2.23. The first-order chi connectivity index (χ1) is 7.58. The van der Waals surface area contributed by atoms with E-state index in [0.717, 1.165) is 30.2 Å². The second kappa shape index (κ2) is 4.22. The minimum atomic E-state index is 0.622. The van der Waals surface area contributed by atoms with Crippen LogP contribution in [0.1, 0.15) is 6.42 Å². The van der Waals surface area contributed by atoms with Crippen molar-refractivity contribution in [2.45, 2.75) is 12.5 Å². The molecule has 1 aromatic carbocycles. The van der Waals surface area contributed by atoms with Gasteiger partial charge in [0.15, 0.2) is 0 Å². The molecule has 1 atom stereocenters. The molecule has 0 spiro atoms. The third kappa shape index (κ3) is 2.07. The van der Waals surface area contributed by atoms with E-state index < -0.39 is 0 Å². The third-order valence-electron chi connectivity index (χ3n) is 3.29. The van der Waals surface area contributed by atoms with E-state index in [0.29, 0.717) is 6.04 Å². The predicted octanol–water partition coefficient (Wildman–Crippen LogP) is 0.991. The highest BCUT2D eigenvalue weighted by Gasteiger charge is 2.24. The third-order valence-corrected chi connectivity index (χ3v) is 3.29. The van der Waals surface area contributed by atoms with Crippen LogP contribution in [0.25, 0.3) is 0 Å². The van der Waals surface area contributed by atoms with Gasteiger partial charge in [-0.05, 0) is 38.7 Å². The zero-order chi connectivity index (χ0) is 11.7. The molecular weight excluding hydrogens is 200 g/mol. The second-order valence-electron chi connectivity index (χ2n) is 4.67. The summed E-state index contributed by atoms with van der Waals surface area (Å²) in [4.78, 5) is 4.60. The quantitative estimate of drug-likeness (QED) is 0.730. The molecule has 1 heterocycles. The molecule has 0 saturated carbocycles. The van der Waals surface area contributed by atoms with Gasteiger partial charge in [0.05, 0.1) is 11.4 Å². The van der Waals surface area contributed by atoms with Crippen LogP contribution < -0.4 is 16.4 Å². The van der Waals surface area contributed by atoms with E-state index in [1.165, 1.54) is 6.42 Å². The van der Waals surface area contributed by atoms with Gasteiger partial charge in [-0.3, -0.25) is 0 Å². The average molecular weight is 220 g/mol. The molecule has 0 amide bonds. The van der Waals surface area contributed by atoms with Gasteiger partial charge in [-0.2, -0.15) is 0 Å². The monoisotopic (exact) mass is 220 g/mol. The number of anilines is 3. The van der Waals surface area contributed by atoms with Crippen molar-refractivity contribution < 1.29 is 0 Å². The molecule has 1 aromatic rings. The number of hydrogen-bond donors (Lipinski definition) is 2. The Balaban J connectivity index is 2.14. The molecule has 1 aliphatic heterocycles. The lowest BCUT2D eigenvalue weighted by molar-refractivity contribution is 0.315. The second-order valence-corrected chi connectivity index (χ2v) is 4.67. The Labute approximate surface area is 96.8 Å². The van der Waals surface area contributed by atoms with Crippen molar-refractivity contribution in [3.8, 4) is 0 Å². The molecule has 16 heavy (non-hydrogen) atoms. The number of rotatable bonds is 2. The highest BCUT2D eigenvalue weighted by atomic mass is 15.2. The molecule has 4 N–H and O–H groups in total. The van der Waals surface area contributed by atoms with Crippen LogP contribution in [0.15, 0.2) is 18.2 Å². The molecule has 1 aliphatic rings. The fourth-order valence-electron chi connectivity index (χ4n) is 2.24. The Bertz CT molecular complexity index is 375. The van der Waals surface area contributed by atoms with E-state index in [1.54, 1.807) is 0 Å². The fraction of sp³-hybridized carbons (Fsp3) is 0.500. The number of nitrogen functional groups attached to an aromatic ring is 2. The Hall–Kier alpha value is -1.42. The van der Waals surface area contributed by atoms with Gasteiger partial charge in [-0.1, -0.05) is 0 Å². The first kappa shape index (κ1) is 11.1. The minimum Gasteiger partial charge on any atom is -0.399 e. The Morgan fingerprint density at radius 1 is 1.31 bits per heavy atom. The van der Waals surface area contributed by atoms with Gasteiger partial charge in [0, 0.05) is 24.8 Å². The molecule has 2 rings (SSSR count). The number of nitrogens with zero attached hydrogens (tertiary/aromatic N) is 2. The summed E-state index contributed by atoms with van der Waals surface area (Å²) < 4.78 is 0. The van der Waals surface area contributed by atoms with Gasteiger partial charge in [0.2, 0.25) is 0 Å². The highest BCUT2D eigenvalue weighted by molar-refractivity contribution is 5.72. The number of hydrogen-bond acceptors (Lipinski definition) is 4. The largest absolute Gasteiger partial charge is 0.399 e. The number of nitrogens with two attached hydrogens (primary N) is 2. The summed E-state index contributed by atoms with van der Waals surface area (Å²) in [7, 11) is 4.25. The van der Waals surface area contributed by atoms with Crippen LogP contribution in [0.2, 0.25) is 0 Å². The maximum Gasteiger partial charge on any atom is 0.0602 e. The van der Waals surface area contributed by atoms with Crippen LogP contribution in [-0.2, 0) is 0 Å². The smallest absolute Gasteiger partial charge is 0.0602 e. The zero-order valence-electron chi connectivity index (χ0n) is 9.98. The standard InChI is InChI=1S/C12H20N4/c1-15(2)10-5-6-16(8-10)12-4-3-9(13)7-11(12)14/h3-4,7,10H,5-6,8,13-14H2,1-2H3. The van der Waals surface area contributed by atoms with E-state index in [2.05, 4.69) is 23.9 Å². The summed E-state index contributed by atoms with van der Waals surface area (Å²) >= 11 is 0. The van der Waals surface area contributed by atoms with Gasteiger partial charge < -0.3 is 21.3 Å². The van der Waals surface area contributed by atoms with Gasteiger partial charge in [0.1, 0.15) is 0 Å². The van der Waals surface area contributed by atoms with Crippen molar-refractivity contribution in [2.75, 3.05) is 43.6 Å². The molecule has 88 valence electrons. The Kier molecular flexibility index (Phi) is 2.92. The maximum atomic E-state index is 5.99. The van der Waals surface area contributed by atoms with Crippen molar-refractivity contribution in [2.24, 2.45) is 0 Å². The predicted molar refractivity (Wildman–Crippen MR) is 69.6 cm³/mol. The van der Waals surface area contributed by atoms with Crippen molar-refractivity contribution >= 4 is 17.1 Å².